The zero-order valence-electron chi connectivity index (χ0n) is 36.4. The Morgan fingerprint density at radius 2 is 1.75 bits per heavy atom. The van der Waals surface area contributed by atoms with Crippen molar-refractivity contribution in [2.24, 2.45) is 46.4 Å². The minimum Gasteiger partial charge on any atom is -0.458 e. The van der Waals surface area contributed by atoms with Crippen LogP contribution in [0.2, 0.25) is 5.02 Å². The van der Waals surface area contributed by atoms with Crippen LogP contribution in [0.4, 0.5) is 0 Å². The first-order chi connectivity index (χ1) is 28.2. The Labute approximate surface area is 356 Å². The van der Waals surface area contributed by atoms with E-state index >= 15 is 0 Å². The van der Waals surface area contributed by atoms with Gasteiger partial charge in [0.25, 0.3) is 0 Å². The number of nitrogens with zero attached hydrogens (tertiary/aromatic N) is 3. The van der Waals surface area contributed by atoms with Crippen molar-refractivity contribution in [3.8, 4) is 11.3 Å². The zero-order valence-corrected chi connectivity index (χ0v) is 37.1. The number of hydrogen-bond acceptors (Lipinski definition) is 15. The molecule has 0 saturated carbocycles. The molecule has 5 rings (SSSR count). The number of amidine groups is 1. The van der Waals surface area contributed by atoms with Gasteiger partial charge in [0.1, 0.15) is 35.5 Å². The van der Waals surface area contributed by atoms with Crippen LogP contribution < -0.4 is 5.73 Å². The van der Waals surface area contributed by atoms with Crippen LogP contribution >= 0.6 is 11.6 Å². The van der Waals surface area contributed by atoms with E-state index in [2.05, 4.69) is 10.3 Å². The van der Waals surface area contributed by atoms with Crippen LogP contribution in [0.25, 0.3) is 11.3 Å². The van der Waals surface area contributed by atoms with Gasteiger partial charge in [-0.1, -0.05) is 61.7 Å². The molecule has 3 fully saturated rings. The zero-order chi connectivity index (χ0) is 44.4. The minimum atomic E-state index is -1.58. The molecule has 0 bridgehead atoms. The minimum absolute atomic E-state index is 0.0460. The van der Waals surface area contributed by atoms with E-state index in [1.54, 1.807) is 65.8 Å². The van der Waals surface area contributed by atoms with Crippen LogP contribution in [0.15, 0.2) is 40.0 Å². The molecule has 1 aromatic carbocycles. The number of halogens is 1. The van der Waals surface area contributed by atoms with Gasteiger partial charge in [-0.2, -0.15) is 0 Å². The van der Waals surface area contributed by atoms with Crippen LogP contribution in [0, 0.1) is 35.5 Å². The largest absolute Gasteiger partial charge is 0.458 e. The molecule has 60 heavy (non-hydrogen) atoms. The van der Waals surface area contributed by atoms with Crippen LogP contribution in [0.3, 0.4) is 0 Å². The fourth-order valence-corrected chi connectivity index (χ4v) is 9.53. The number of esters is 2. The molecule has 3 N–H and O–H groups in total. The van der Waals surface area contributed by atoms with Crippen molar-refractivity contribution in [2.45, 2.75) is 129 Å². The van der Waals surface area contributed by atoms with Gasteiger partial charge in [-0.25, -0.2) is 0 Å². The number of fused-ring (bicyclic) bond motifs is 1. The number of hydrogen-bond donors (Lipinski definition) is 2. The molecule has 0 aliphatic carbocycles. The molecular formula is C43H61ClN4O12. The maximum Gasteiger partial charge on any atom is 0.317 e. The van der Waals surface area contributed by atoms with Gasteiger partial charge in [0, 0.05) is 53.5 Å². The van der Waals surface area contributed by atoms with Crippen LogP contribution in [-0.2, 0) is 54.3 Å². The molecule has 332 valence electrons. The Balaban J connectivity index is 1.49. The number of carbonyl (C=O) groups is 4. The second-order valence-electron chi connectivity index (χ2n) is 17.3. The van der Waals surface area contributed by atoms with E-state index in [-0.39, 0.29) is 43.2 Å². The third-order valence-corrected chi connectivity index (χ3v) is 13.0. The van der Waals surface area contributed by atoms with Gasteiger partial charge in [0.15, 0.2) is 35.9 Å². The molecule has 3 aliphatic rings. The van der Waals surface area contributed by atoms with Gasteiger partial charge in [0.05, 0.1) is 17.8 Å². The van der Waals surface area contributed by atoms with E-state index in [1.165, 1.54) is 14.0 Å². The molecule has 0 spiro atoms. The summed E-state index contributed by atoms with van der Waals surface area (Å²) in [4.78, 5) is 64.4. The Morgan fingerprint density at radius 3 is 2.38 bits per heavy atom. The maximum atomic E-state index is 14.7. The Hall–Kier alpha value is -3.93. The van der Waals surface area contributed by atoms with Gasteiger partial charge in [-0.3, -0.25) is 19.2 Å². The first-order valence-electron chi connectivity index (χ1n) is 20.5. The van der Waals surface area contributed by atoms with Crippen molar-refractivity contribution in [1.82, 2.24) is 10.1 Å². The van der Waals surface area contributed by atoms with Gasteiger partial charge < -0.3 is 48.8 Å². The summed E-state index contributed by atoms with van der Waals surface area (Å²) in [6.07, 6.45) is -3.99. The number of likely N-dealkylation sites (N-methyl/N-ethyl adjacent to an activating group) is 1. The number of benzene rings is 1. The summed E-state index contributed by atoms with van der Waals surface area (Å²) in [6.45, 7) is 13.2. The fourth-order valence-electron chi connectivity index (χ4n) is 9.34. The van der Waals surface area contributed by atoms with E-state index in [9.17, 15) is 24.3 Å². The molecular weight excluding hydrogens is 800 g/mol. The van der Waals surface area contributed by atoms with Gasteiger partial charge >= 0.3 is 11.9 Å². The fraction of sp³-hybridized carbons (Fsp3) is 0.674. The molecule has 17 heteroatoms. The lowest BCUT2D eigenvalue weighted by Crippen LogP contribution is -2.59. The summed E-state index contributed by atoms with van der Waals surface area (Å²) in [5.74, 6) is -8.66. The van der Waals surface area contributed by atoms with E-state index < -0.39 is 89.0 Å². The highest BCUT2D eigenvalue weighted by atomic mass is 35.5. The SMILES string of the molecule is CC[C@H]1OC(=O)[C@H](C)C(=O)[C@H](C)[C@@H](OC2OC(C)CC(N(C)C)C2O)[C@@](C)(OC)C[C@@H](C)C(=O)[C@H](C)C2C(/C(N)=N\OCc3cc(-c4cccc(Cl)c4)no3)C(=O)O[C@@]21C. The lowest BCUT2D eigenvalue weighted by atomic mass is 9.67. The average Bonchev–Trinajstić information content (AvgIpc) is 3.79. The predicted octanol–water partition coefficient (Wildman–Crippen LogP) is 4.96. The topological polar surface area (TPSA) is 212 Å². The number of oxime groups is 1. The second kappa shape index (κ2) is 19.0. The molecule has 4 heterocycles. The lowest BCUT2D eigenvalue weighted by molar-refractivity contribution is -0.295. The van der Waals surface area contributed by atoms with Gasteiger partial charge in [0.2, 0.25) is 0 Å². The quantitative estimate of drug-likeness (QED) is 0.106. The van der Waals surface area contributed by atoms with Gasteiger partial charge in [-0.05, 0) is 73.2 Å². The van der Waals surface area contributed by atoms with Crippen LogP contribution in [0.1, 0.15) is 80.4 Å². The number of aliphatic hydroxyl groups is 1. The van der Waals surface area contributed by atoms with Crippen molar-refractivity contribution in [3.63, 3.8) is 0 Å². The Morgan fingerprint density at radius 1 is 1.05 bits per heavy atom. The highest BCUT2D eigenvalue weighted by molar-refractivity contribution is 6.30. The summed E-state index contributed by atoms with van der Waals surface area (Å²) in [5, 5.41) is 20.1. The summed E-state index contributed by atoms with van der Waals surface area (Å²) >= 11 is 6.13. The summed E-state index contributed by atoms with van der Waals surface area (Å²) in [7, 11) is 5.15. The summed E-state index contributed by atoms with van der Waals surface area (Å²) in [6, 6.07) is 8.42. The van der Waals surface area contributed by atoms with Crippen molar-refractivity contribution in [3.05, 3.63) is 41.1 Å². The van der Waals surface area contributed by atoms with E-state index in [0.717, 1.165) is 5.56 Å². The smallest absolute Gasteiger partial charge is 0.317 e. The number of aromatic nitrogens is 1. The lowest BCUT2D eigenvalue weighted by Gasteiger charge is -2.47. The van der Waals surface area contributed by atoms with Crippen molar-refractivity contribution >= 4 is 40.9 Å². The Kier molecular flexibility index (Phi) is 14.9. The number of aliphatic hydroxyl groups excluding tert-OH is 1. The molecule has 1 aromatic heterocycles. The predicted molar refractivity (Wildman–Crippen MR) is 219 cm³/mol. The molecule has 2 aromatic rings. The van der Waals surface area contributed by atoms with Crippen molar-refractivity contribution in [2.75, 3.05) is 21.2 Å². The highest BCUT2D eigenvalue weighted by Crippen LogP contribution is 2.48. The molecule has 16 nitrogen and oxygen atoms in total. The maximum absolute atomic E-state index is 14.7. The van der Waals surface area contributed by atoms with E-state index in [1.807, 2.05) is 32.0 Å². The number of carbonyl (C=O) groups excluding carboxylic acids is 4. The molecule has 3 aliphatic heterocycles. The molecule has 14 atom stereocenters. The summed E-state index contributed by atoms with van der Waals surface area (Å²) in [5.41, 5.74) is 4.86. The number of ether oxygens (including phenoxy) is 5. The molecule has 3 saturated heterocycles. The first-order valence-corrected chi connectivity index (χ1v) is 20.9. The standard InChI is InChI=1S/C43H61ClN4O12/c1-12-31-43(8)33(32(40(53)59-43)38(45)47-55-20-28-18-29(46-60-28)26-14-13-15-27(44)17-26)23(4)34(49)21(2)19-42(7,54-11)37(24(5)35(50)25(6)39(52)57-31)58-41-36(51)30(48(9)10)16-22(3)56-41/h13-15,17-18,21-25,30-33,36-37,41,51H,12,16,19-20H2,1-11H3,(H2,45,47)/t21-,22?,23-,24+,25-,30?,31-,32?,33?,36?,37-,41?,42+,43-/m1/s1. The number of rotatable bonds is 10. The second-order valence-corrected chi connectivity index (χ2v) is 17.7. The normalized spacial score (nSPS) is 37.3. The van der Waals surface area contributed by atoms with Crippen LogP contribution in [-0.4, -0.2) is 114 Å². The van der Waals surface area contributed by atoms with E-state index in [4.69, 9.17) is 50.4 Å². The molecule has 6 unspecified atom stereocenters. The number of cyclic esters (lactones) is 1. The molecule has 0 amide bonds. The van der Waals surface area contributed by atoms with Crippen molar-refractivity contribution < 1.29 is 57.3 Å². The number of ketones is 2. The average molecular weight is 861 g/mol. The first kappa shape index (κ1) is 47.1. The Bertz CT molecular complexity index is 1910. The number of nitrogens with two attached hydrogens (primary N) is 1. The summed E-state index contributed by atoms with van der Waals surface area (Å²) < 4.78 is 36.4. The van der Waals surface area contributed by atoms with Gasteiger partial charge in [-0.15, -0.1) is 0 Å². The number of methoxy groups -OCH3 is 1. The number of Topliss-reactive ketones (excluding diaryl/α,β-unsaturated/α-hetero) is 2. The third-order valence-electron chi connectivity index (χ3n) is 12.7. The van der Waals surface area contributed by atoms with E-state index in [0.29, 0.717) is 22.9 Å². The highest BCUT2D eigenvalue weighted by Gasteiger charge is 2.62. The monoisotopic (exact) mass is 860 g/mol. The van der Waals surface area contributed by atoms with Crippen molar-refractivity contribution in [1.29, 1.82) is 0 Å². The van der Waals surface area contributed by atoms with Crippen LogP contribution in [0.5, 0.6) is 0 Å². The molecule has 0 radical (unpaired) electrons. The third kappa shape index (κ3) is 9.58.